The molecule has 0 radical (unpaired) electrons. The van der Waals surface area contributed by atoms with E-state index in [1.807, 2.05) is 35.1 Å². The van der Waals surface area contributed by atoms with E-state index in [1.54, 1.807) is 18.8 Å². The summed E-state index contributed by atoms with van der Waals surface area (Å²) in [6.45, 7) is 0.584. The molecule has 108 valence electrons. The number of aliphatic hydroxyl groups excluding tert-OH is 1. The zero-order chi connectivity index (χ0) is 14.5. The van der Waals surface area contributed by atoms with Crippen LogP contribution in [-0.4, -0.2) is 51.9 Å². The number of carbonyl (C=O) groups is 1. The van der Waals surface area contributed by atoms with Crippen molar-refractivity contribution in [3.05, 3.63) is 30.1 Å². The zero-order valence-corrected chi connectivity index (χ0v) is 12.6. The second-order valence-electron chi connectivity index (χ2n) is 4.57. The predicted molar refractivity (Wildman–Crippen MR) is 81.7 cm³/mol. The van der Waals surface area contributed by atoms with Crippen molar-refractivity contribution in [2.75, 3.05) is 26.5 Å². The molecule has 1 aromatic carbocycles. The number of benzene rings is 1. The number of fused-ring (bicyclic) bond motifs is 1. The largest absolute Gasteiger partial charge is 0.395 e. The van der Waals surface area contributed by atoms with E-state index in [-0.39, 0.29) is 19.1 Å². The van der Waals surface area contributed by atoms with E-state index in [4.69, 9.17) is 5.11 Å². The smallest absolute Gasteiger partial charge is 0.242 e. The van der Waals surface area contributed by atoms with Gasteiger partial charge in [0.15, 0.2) is 0 Å². The average molecular weight is 293 g/mol. The van der Waals surface area contributed by atoms with E-state index >= 15 is 0 Å². The van der Waals surface area contributed by atoms with E-state index < -0.39 is 0 Å². The van der Waals surface area contributed by atoms with Crippen molar-refractivity contribution >= 4 is 28.7 Å². The Hall–Kier alpha value is -1.53. The van der Waals surface area contributed by atoms with Crippen LogP contribution in [0.5, 0.6) is 0 Å². The number of aliphatic hydroxyl groups is 1. The Morgan fingerprint density at radius 2 is 2.20 bits per heavy atom. The average Bonchev–Trinajstić information content (AvgIpc) is 2.78. The highest BCUT2D eigenvalue weighted by molar-refractivity contribution is 7.97. The standard InChI is InChI=1S/C14H19N3O2S/c1-16(7-8-18)14(19)9-17-12-6-4-3-5-11(12)15-13(17)10-20-2/h3-6,18H,7-10H2,1-2H3. The van der Waals surface area contributed by atoms with Crippen molar-refractivity contribution in [1.82, 2.24) is 14.5 Å². The molecule has 5 nitrogen and oxygen atoms in total. The fraction of sp³-hybridized carbons (Fsp3) is 0.429. The van der Waals surface area contributed by atoms with Gasteiger partial charge in [-0.3, -0.25) is 4.79 Å². The summed E-state index contributed by atoms with van der Waals surface area (Å²) in [5.74, 6) is 1.65. The number of likely N-dealkylation sites (N-methyl/N-ethyl adjacent to an activating group) is 1. The fourth-order valence-corrected chi connectivity index (χ4v) is 2.55. The van der Waals surface area contributed by atoms with Crippen LogP contribution in [0.15, 0.2) is 24.3 Å². The van der Waals surface area contributed by atoms with Gasteiger partial charge in [0, 0.05) is 13.6 Å². The van der Waals surface area contributed by atoms with Crippen LogP contribution in [-0.2, 0) is 17.1 Å². The minimum Gasteiger partial charge on any atom is -0.395 e. The number of carbonyl (C=O) groups excluding carboxylic acids is 1. The van der Waals surface area contributed by atoms with Crippen LogP contribution in [0.4, 0.5) is 0 Å². The lowest BCUT2D eigenvalue weighted by Crippen LogP contribution is -2.32. The summed E-state index contributed by atoms with van der Waals surface area (Å²) < 4.78 is 1.96. The Labute approximate surface area is 122 Å². The molecule has 2 rings (SSSR count). The lowest BCUT2D eigenvalue weighted by molar-refractivity contribution is -0.130. The molecule has 0 aliphatic heterocycles. The van der Waals surface area contributed by atoms with E-state index in [1.165, 1.54) is 4.90 Å². The molecule has 0 bridgehead atoms. The van der Waals surface area contributed by atoms with Crippen LogP contribution < -0.4 is 0 Å². The summed E-state index contributed by atoms with van der Waals surface area (Å²) in [7, 11) is 1.70. The molecule has 20 heavy (non-hydrogen) atoms. The molecule has 2 aromatic rings. The Balaban J connectivity index is 2.31. The second-order valence-corrected chi connectivity index (χ2v) is 5.44. The highest BCUT2D eigenvalue weighted by Gasteiger charge is 2.15. The third kappa shape index (κ3) is 3.13. The minimum absolute atomic E-state index is 0.0232. The van der Waals surface area contributed by atoms with Crippen molar-refractivity contribution < 1.29 is 9.90 Å². The Bertz CT molecular complexity index is 597. The number of hydrogen-bond donors (Lipinski definition) is 1. The molecular weight excluding hydrogens is 274 g/mol. The van der Waals surface area contributed by atoms with Crippen LogP contribution in [0.1, 0.15) is 5.82 Å². The second kappa shape index (κ2) is 6.76. The molecule has 1 aromatic heterocycles. The molecule has 0 unspecified atom stereocenters. The summed E-state index contributed by atoms with van der Waals surface area (Å²) in [5, 5.41) is 8.91. The SMILES string of the molecule is CSCc1nc2ccccc2n1CC(=O)N(C)CCO. The van der Waals surface area contributed by atoms with Crippen LogP contribution in [0.3, 0.4) is 0 Å². The first-order valence-corrected chi connectivity index (χ1v) is 7.84. The zero-order valence-electron chi connectivity index (χ0n) is 11.7. The van der Waals surface area contributed by atoms with Gasteiger partial charge in [0.05, 0.1) is 23.4 Å². The molecule has 0 saturated heterocycles. The lowest BCUT2D eigenvalue weighted by atomic mass is 10.3. The first kappa shape index (κ1) is 14.9. The Morgan fingerprint density at radius 3 is 2.90 bits per heavy atom. The molecule has 1 amide bonds. The summed E-state index contributed by atoms with van der Waals surface area (Å²) >= 11 is 1.68. The van der Waals surface area contributed by atoms with E-state index in [2.05, 4.69) is 4.98 Å². The van der Waals surface area contributed by atoms with Gasteiger partial charge in [0.2, 0.25) is 5.91 Å². The normalized spacial score (nSPS) is 10.9. The van der Waals surface area contributed by atoms with Crippen molar-refractivity contribution in [2.45, 2.75) is 12.3 Å². The van der Waals surface area contributed by atoms with Crippen molar-refractivity contribution in [2.24, 2.45) is 0 Å². The molecule has 0 saturated carbocycles. The van der Waals surface area contributed by atoms with E-state index in [0.717, 1.165) is 22.6 Å². The quantitative estimate of drug-likeness (QED) is 0.873. The summed E-state index contributed by atoms with van der Waals surface area (Å²) in [5.41, 5.74) is 1.89. The molecule has 0 spiro atoms. The van der Waals surface area contributed by atoms with Gasteiger partial charge < -0.3 is 14.6 Å². The summed E-state index contributed by atoms with van der Waals surface area (Å²) in [6.07, 6.45) is 2.02. The van der Waals surface area contributed by atoms with Gasteiger partial charge in [-0.05, 0) is 18.4 Å². The molecule has 0 aliphatic rings. The number of amides is 1. The van der Waals surface area contributed by atoms with Crippen molar-refractivity contribution in [3.63, 3.8) is 0 Å². The maximum atomic E-state index is 12.2. The number of hydrogen-bond acceptors (Lipinski definition) is 4. The van der Waals surface area contributed by atoms with Crippen LogP contribution in [0, 0.1) is 0 Å². The van der Waals surface area contributed by atoms with Gasteiger partial charge in [-0.1, -0.05) is 12.1 Å². The van der Waals surface area contributed by atoms with E-state index in [9.17, 15) is 4.79 Å². The van der Waals surface area contributed by atoms with Gasteiger partial charge in [0.1, 0.15) is 12.4 Å². The van der Waals surface area contributed by atoms with Crippen LogP contribution in [0.2, 0.25) is 0 Å². The molecular formula is C14H19N3O2S. The number of imidazole rings is 1. The fourth-order valence-electron chi connectivity index (χ4n) is 2.07. The number of para-hydroxylation sites is 2. The van der Waals surface area contributed by atoms with Gasteiger partial charge in [-0.25, -0.2) is 4.98 Å². The van der Waals surface area contributed by atoms with Crippen LogP contribution in [0.25, 0.3) is 11.0 Å². The molecule has 0 atom stereocenters. The minimum atomic E-state index is -0.0236. The van der Waals surface area contributed by atoms with Crippen LogP contribution >= 0.6 is 11.8 Å². The number of nitrogens with zero attached hydrogens (tertiary/aromatic N) is 3. The third-order valence-corrected chi connectivity index (χ3v) is 3.71. The van der Waals surface area contributed by atoms with Crippen molar-refractivity contribution in [3.8, 4) is 0 Å². The Morgan fingerprint density at radius 1 is 1.45 bits per heavy atom. The highest BCUT2D eigenvalue weighted by Crippen LogP contribution is 2.19. The maximum Gasteiger partial charge on any atom is 0.242 e. The summed E-state index contributed by atoms with van der Waals surface area (Å²) in [6, 6.07) is 7.83. The first-order chi connectivity index (χ1) is 9.67. The molecule has 0 fully saturated rings. The van der Waals surface area contributed by atoms with Crippen molar-refractivity contribution in [1.29, 1.82) is 0 Å². The first-order valence-electron chi connectivity index (χ1n) is 6.45. The summed E-state index contributed by atoms with van der Waals surface area (Å²) in [4.78, 5) is 18.3. The third-order valence-electron chi connectivity index (χ3n) is 3.16. The number of thioether (sulfide) groups is 1. The van der Waals surface area contributed by atoms with E-state index in [0.29, 0.717) is 6.54 Å². The monoisotopic (exact) mass is 293 g/mol. The molecule has 1 heterocycles. The number of aromatic nitrogens is 2. The predicted octanol–water partition coefficient (Wildman–Crippen LogP) is 1.35. The number of rotatable bonds is 6. The van der Waals surface area contributed by atoms with Gasteiger partial charge in [-0.15, -0.1) is 0 Å². The van der Waals surface area contributed by atoms with Gasteiger partial charge in [-0.2, -0.15) is 11.8 Å². The molecule has 6 heteroatoms. The van der Waals surface area contributed by atoms with Gasteiger partial charge >= 0.3 is 0 Å². The molecule has 1 N–H and O–H groups in total. The Kier molecular flexibility index (Phi) is 5.03. The maximum absolute atomic E-state index is 12.2. The highest BCUT2D eigenvalue weighted by atomic mass is 32.2. The van der Waals surface area contributed by atoms with Gasteiger partial charge in [0.25, 0.3) is 0 Å². The topological polar surface area (TPSA) is 58.4 Å². The molecule has 0 aliphatic carbocycles. The lowest BCUT2D eigenvalue weighted by Gasteiger charge is -2.17.